The Balaban J connectivity index is 0.000000592. The number of aromatic nitrogens is 1. The maximum absolute atomic E-state index is 4.83. The molecule has 6 aromatic carbocycles. The molecule has 1 N–H and O–H groups in total. The molecule has 0 aliphatic heterocycles. The molecule has 0 bridgehead atoms. The number of fused-ring (bicyclic) bond motifs is 6. The van der Waals surface area contributed by atoms with Crippen LogP contribution in [0.1, 0.15) is 25.0 Å². The van der Waals surface area contributed by atoms with Gasteiger partial charge in [-0.05, 0) is 70.3 Å². The van der Waals surface area contributed by atoms with Crippen molar-refractivity contribution < 1.29 is 0 Å². The molecule has 8 rings (SSSR count). The minimum absolute atomic E-state index is 0.00562. The molecule has 0 atom stereocenters. The molecule has 7 aromatic rings. The molecule has 2 nitrogen and oxygen atoms in total. The summed E-state index contributed by atoms with van der Waals surface area (Å²) < 4.78 is 2.37. The first-order valence-corrected chi connectivity index (χ1v) is 175. The Hall–Kier alpha value is 18.7. The van der Waals surface area contributed by atoms with Crippen LogP contribution in [0.4, 0.5) is 11.4 Å². The average molecular weight is 3990 g/mol. The van der Waals surface area contributed by atoms with Crippen LogP contribution in [0.2, 0.25) is 0 Å². The molecule has 844 valence electrons. The van der Waals surface area contributed by atoms with E-state index < -0.39 is 0 Å². The van der Waals surface area contributed by atoms with Crippen molar-refractivity contribution in [2.24, 2.45) is 0 Å². The predicted octanol–water partition coefficient (Wildman–Crippen LogP) is 10.2. The SMILES string of the molecule is CC1(C)c2ccccc2-c2c(Nc3ccc(-c4ccc5c6ccccc6n(-c6ccccc6)c5c4)cc3)cccc21.S=S=S=S=S=S=S=S=S=S=S=S=S=S=S=S=S=S=S=S=S=S=S=S=S=S=S=S=S=S=S=S=S=S=S=S=S=S=S=S=S=S=S=S=S=S=S=S=S=S=S=S=S=S=S=S=S=S=S=S=S=S=S=S=S=S=S=S=S=S=S=S=S=S=S=S=S=S=S=S=S=S=S=S=S=S=S=S=S=S=S=S=S=S=S=S=S=S=S=S=S=S=S=S=S=S=S=S. The molecular weight excluding hydrogens is 3960 g/mol. The van der Waals surface area contributed by atoms with Crippen LogP contribution in [0, 0.1) is 0 Å². The number of para-hydroxylation sites is 2. The van der Waals surface area contributed by atoms with Gasteiger partial charge < -0.3 is 9.88 Å². The Morgan fingerprint density at radius 1 is 0.181 bits per heavy atom. The molecular formula is C39H30N2S108. The van der Waals surface area contributed by atoms with Crippen molar-refractivity contribution in [1.82, 2.24) is 4.57 Å². The lowest BCUT2D eigenvalue weighted by atomic mass is 9.82. The second kappa shape index (κ2) is 118. The standard InChI is InChI=1S/C39H30N2.S108/c1-39(2)33-15-8-6-14-32(33)38-34(39)16-10-17-35(38)40-28-22-19-26(20-23-28)27-21-24-31-30-13-7-9-18-36(30)41(37(31)25-27)29-11-4-3-5-12-29;1-3-5-7-9-11-13-15-17-19-21-23-25-27-29-31-33-35-37-39-41-43-45-47-49-51-53-55-57-59-61-63-65-67-69-71-73-75-77-79-81-83-85-87-89-91-93-95-97-99-101-103-105-107-108-106-104-102-100-98-96-94-92-90-88-86-84-82-80-78-76-74-72-70-68-66-64-62-60-58-56-54-52-50-48-46-44-42-40-38-36-34-32-30-28-26-24-22-20-18-16-14-12-10-8-6-4-2/h3-25,40H,1-2H3;. The topological polar surface area (TPSA) is 17.0 Å². The van der Waals surface area contributed by atoms with Crippen molar-refractivity contribution in [1.29, 1.82) is 0 Å². The van der Waals surface area contributed by atoms with E-state index in [2.05, 4.69) is 163 Å². The normalized spacial score (nSPS) is 9.38. The summed E-state index contributed by atoms with van der Waals surface area (Å²) in [5, 5.41) is 6.28. The van der Waals surface area contributed by atoms with E-state index in [0.717, 1.165) is 11.4 Å². The summed E-state index contributed by atoms with van der Waals surface area (Å²) in [4.78, 5) is 0. The number of anilines is 2. The smallest absolute Gasteiger partial charge is 0.0547 e. The van der Waals surface area contributed by atoms with E-state index in [-0.39, 0.29) is 5.41 Å². The maximum Gasteiger partial charge on any atom is 0.0547 e. The molecule has 1 aromatic heterocycles. The van der Waals surface area contributed by atoms with Crippen molar-refractivity contribution >= 4 is 997 Å². The van der Waals surface area contributed by atoms with Gasteiger partial charge in [-0.1, -0.05) is 111 Å². The first-order chi connectivity index (χ1) is 74.0. The van der Waals surface area contributed by atoms with Crippen molar-refractivity contribution in [3.8, 4) is 27.9 Å². The number of nitrogens with zero attached hydrogens (tertiary/aromatic N) is 1. The molecule has 0 saturated carbocycles. The molecule has 0 radical (unpaired) electrons. The van der Waals surface area contributed by atoms with Crippen LogP contribution in [0.3, 0.4) is 0 Å². The number of rotatable bonds is 4. The van der Waals surface area contributed by atoms with Gasteiger partial charge in [-0.2, -0.15) is 0 Å². The van der Waals surface area contributed by atoms with E-state index >= 15 is 0 Å². The molecule has 1 heterocycles. The van der Waals surface area contributed by atoms with Crippen LogP contribution < -0.4 is 5.32 Å². The Labute approximate surface area is 1170 Å². The summed E-state index contributed by atoms with van der Waals surface area (Å²) in [7, 11) is 192. The minimum atomic E-state index is -0.00562. The Morgan fingerprint density at radius 2 is 0.389 bits per heavy atom. The fraction of sp³-hybridized carbons (Fsp3) is 0.0769. The van der Waals surface area contributed by atoms with Crippen molar-refractivity contribution in [3.63, 3.8) is 0 Å². The molecule has 1 aliphatic carbocycles. The quantitative estimate of drug-likeness (QED) is 0.189. The number of benzene rings is 6. The predicted molar refractivity (Wildman–Crippen MR) is 969 cm³/mol. The Kier molecular flexibility index (Phi) is 123. The van der Waals surface area contributed by atoms with E-state index in [1.54, 1.807) is 107 Å². The fourth-order valence-electron chi connectivity index (χ4n) is 7.94. The van der Waals surface area contributed by atoms with Gasteiger partial charge in [-0.25, -0.2) is 0 Å². The number of hydrogen-bond acceptors (Lipinski definition) is 3. The summed E-state index contributed by atoms with van der Waals surface area (Å²) >= 11 is 9.66. The van der Waals surface area contributed by atoms with E-state index in [9.17, 15) is 0 Å². The summed E-state index contributed by atoms with van der Waals surface area (Å²) in [6.45, 7) is 4.65. The Morgan fingerprint density at radius 3 is 0.644 bits per heavy atom. The summed E-state index contributed by atoms with van der Waals surface area (Å²) in [6, 6.07) is 50.4. The number of nitrogens with one attached hydrogen (secondary N) is 1. The highest BCUT2D eigenvalue weighted by molar-refractivity contribution is 8.88. The zero-order chi connectivity index (χ0) is 105. The van der Waals surface area contributed by atoms with Crippen LogP contribution >= 0.6 is 0 Å². The molecule has 110 heteroatoms. The van der Waals surface area contributed by atoms with Gasteiger partial charge in [0.1, 0.15) is 0 Å². The summed E-state index contributed by atoms with van der Waals surface area (Å²) in [5.41, 5.74) is 13.7. The van der Waals surface area contributed by atoms with E-state index in [1.165, 1.54) is 78.6 Å². The van der Waals surface area contributed by atoms with Gasteiger partial charge in [0.05, 0.1) is 11.0 Å². The molecule has 0 amide bonds. The van der Waals surface area contributed by atoms with E-state index in [0.29, 0.717) is 0 Å². The highest BCUT2D eigenvalue weighted by atomic mass is 33.6. The lowest BCUT2D eigenvalue weighted by Gasteiger charge is -2.21. The third-order valence-corrected chi connectivity index (χ3v) is 245. The third kappa shape index (κ3) is 84.9. The van der Waals surface area contributed by atoms with Crippen molar-refractivity contribution in [2.75, 3.05) is 5.32 Å². The molecule has 0 spiro atoms. The van der Waals surface area contributed by atoms with Gasteiger partial charge in [0, 0.05) is 1000 Å². The van der Waals surface area contributed by atoms with Gasteiger partial charge in [0.15, 0.2) is 0 Å². The zero-order valence-corrected chi connectivity index (χ0v) is 155. The van der Waals surface area contributed by atoms with Crippen LogP contribution in [0.25, 0.3) is 49.7 Å². The average Bonchev–Trinajstić information content (AvgIpc) is 1.59. The van der Waals surface area contributed by atoms with Crippen molar-refractivity contribution in [3.05, 3.63) is 151 Å². The molecule has 0 saturated heterocycles. The monoisotopic (exact) mass is 3980 g/mol. The second-order valence-electron chi connectivity index (χ2n) is 18.7. The largest absolute Gasteiger partial charge is 0.355 e. The summed E-state index contributed by atoms with van der Waals surface area (Å²) in [6.07, 6.45) is 0. The van der Waals surface area contributed by atoms with E-state index in [4.69, 9.17) is 22.4 Å². The molecule has 1 aliphatic rings. The first kappa shape index (κ1) is 154. The molecule has 149 heavy (non-hydrogen) atoms. The minimum Gasteiger partial charge on any atom is -0.355 e. The van der Waals surface area contributed by atoms with Gasteiger partial charge in [-0.3, -0.25) is 0 Å². The Bertz CT molecular complexity index is 11400. The van der Waals surface area contributed by atoms with Gasteiger partial charge in [0.2, 0.25) is 0 Å². The van der Waals surface area contributed by atoms with Crippen LogP contribution in [-0.2, 0) is 969 Å². The highest BCUT2D eigenvalue weighted by Gasteiger charge is 2.36. The number of hydrogen-bond donors (Lipinski definition) is 1. The van der Waals surface area contributed by atoms with Gasteiger partial charge in [0.25, 0.3) is 0 Å². The van der Waals surface area contributed by atoms with Gasteiger partial charge in [-0.15, -0.1) is 0 Å². The fourth-order valence-corrected chi connectivity index (χ4v) is 293. The van der Waals surface area contributed by atoms with Crippen LogP contribution in [-0.4, -0.2) is 4.57 Å². The van der Waals surface area contributed by atoms with Crippen molar-refractivity contribution in [2.45, 2.75) is 19.3 Å². The second-order valence-corrected chi connectivity index (χ2v) is 206. The molecule has 0 fully saturated rings. The van der Waals surface area contributed by atoms with Gasteiger partial charge >= 0.3 is 0 Å². The van der Waals surface area contributed by atoms with E-state index in [1.807, 2.05) is 817 Å². The molecule has 0 unspecified atom stereocenters. The maximum atomic E-state index is 4.83. The third-order valence-electron chi connectivity index (χ3n) is 11.7. The highest BCUT2D eigenvalue weighted by Crippen LogP contribution is 2.51. The van der Waals surface area contributed by atoms with Crippen LogP contribution in [0.5, 0.6) is 0 Å². The zero-order valence-electron chi connectivity index (χ0n) is 67.3. The lowest BCUT2D eigenvalue weighted by Crippen LogP contribution is -2.14. The first-order valence-electron chi connectivity index (χ1n) is 32.1. The summed E-state index contributed by atoms with van der Waals surface area (Å²) in [5.74, 6) is 0. The van der Waals surface area contributed by atoms with Crippen LogP contribution in [0.15, 0.2) is 140 Å². The lowest BCUT2D eigenvalue weighted by molar-refractivity contribution is 0.660.